The van der Waals surface area contributed by atoms with Crippen LogP contribution in [0, 0.1) is 0 Å². The smallest absolute Gasteiger partial charge is 0.103 e. The first-order chi connectivity index (χ1) is 4.72. The van der Waals surface area contributed by atoms with Gasteiger partial charge in [-0.15, -0.1) is 11.3 Å². The number of aliphatic hydroxyl groups is 1. The van der Waals surface area contributed by atoms with Crippen molar-refractivity contribution in [2.24, 2.45) is 5.73 Å². The van der Waals surface area contributed by atoms with Gasteiger partial charge in [0.05, 0.1) is 0 Å². The Morgan fingerprint density at radius 3 is 2.80 bits per heavy atom. The summed E-state index contributed by atoms with van der Waals surface area (Å²) < 4.78 is 0. The number of thiophene rings is 1. The highest BCUT2D eigenvalue weighted by Crippen LogP contribution is 2.20. The molecule has 0 bridgehead atoms. The summed E-state index contributed by atoms with van der Waals surface area (Å²) in [7, 11) is 0. The van der Waals surface area contributed by atoms with Crippen molar-refractivity contribution in [3.05, 3.63) is 22.4 Å². The van der Waals surface area contributed by atoms with Crippen LogP contribution in [-0.2, 0) is 0 Å². The molecule has 1 unspecified atom stereocenters. The van der Waals surface area contributed by atoms with Crippen molar-refractivity contribution in [1.82, 2.24) is 0 Å². The molecule has 0 aliphatic heterocycles. The van der Waals surface area contributed by atoms with Gasteiger partial charge in [-0.05, 0) is 18.4 Å². The molecular formula is C7H11NOS. The molecule has 1 aromatic heterocycles. The molecule has 1 rings (SSSR count). The molecule has 2 nitrogen and oxygen atoms in total. The molecule has 2 atom stereocenters. The Hall–Kier alpha value is -0.380. The highest BCUT2D eigenvalue weighted by Gasteiger charge is 2.11. The van der Waals surface area contributed by atoms with Crippen LogP contribution in [0.5, 0.6) is 0 Å². The lowest BCUT2D eigenvalue weighted by Gasteiger charge is -2.11. The Morgan fingerprint density at radius 2 is 2.40 bits per heavy atom. The van der Waals surface area contributed by atoms with E-state index in [9.17, 15) is 5.11 Å². The van der Waals surface area contributed by atoms with Crippen LogP contribution in [-0.4, -0.2) is 11.1 Å². The Morgan fingerprint density at radius 1 is 1.70 bits per heavy atom. The Labute approximate surface area is 64.3 Å². The number of hydrogen-bond acceptors (Lipinski definition) is 3. The predicted octanol–water partition coefficient (Wildman–Crippen LogP) is 1.13. The monoisotopic (exact) mass is 157 g/mol. The van der Waals surface area contributed by atoms with Crippen molar-refractivity contribution in [2.75, 3.05) is 0 Å². The third kappa shape index (κ3) is 1.56. The normalized spacial score (nSPS) is 16.7. The summed E-state index contributed by atoms with van der Waals surface area (Å²) in [4.78, 5) is 0.940. The molecular weight excluding hydrogens is 146 g/mol. The van der Waals surface area contributed by atoms with Crippen LogP contribution in [0.2, 0.25) is 0 Å². The first-order valence-corrected chi connectivity index (χ1v) is 4.07. The molecule has 0 aliphatic rings. The van der Waals surface area contributed by atoms with Gasteiger partial charge in [0.15, 0.2) is 0 Å². The maximum Gasteiger partial charge on any atom is 0.103 e. The number of rotatable bonds is 2. The maximum absolute atomic E-state index is 9.37. The molecule has 1 heterocycles. The maximum atomic E-state index is 9.37. The largest absolute Gasteiger partial charge is 0.386 e. The van der Waals surface area contributed by atoms with Crippen LogP contribution in [0.25, 0.3) is 0 Å². The van der Waals surface area contributed by atoms with Crippen molar-refractivity contribution in [2.45, 2.75) is 19.1 Å². The lowest BCUT2D eigenvalue weighted by Crippen LogP contribution is -2.23. The first kappa shape index (κ1) is 7.72. The standard InChI is InChI=1S/C7H11NOS/c1-5(8)7(9)6-3-2-4-10-6/h2-5,7,9H,8H2,1H3/t5-,7?/m1/s1. The molecule has 3 N–H and O–H groups in total. The van der Waals surface area contributed by atoms with Gasteiger partial charge < -0.3 is 10.8 Å². The van der Waals surface area contributed by atoms with Crippen LogP contribution in [0.15, 0.2) is 17.5 Å². The van der Waals surface area contributed by atoms with Gasteiger partial charge in [-0.25, -0.2) is 0 Å². The molecule has 0 amide bonds. The zero-order valence-electron chi connectivity index (χ0n) is 5.82. The minimum absolute atomic E-state index is 0.182. The van der Waals surface area contributed by atoms with E-state index in [1.165, 1.54) is 11.3 Å². The van der Waals surface area contributed by atoms with Crippen molar-refractivity contribution in [3.63, 3.8) is 0 Å². The summed E-state index contributed by atoms with van der Waals surface area (Å²) in [6.45, 7) is 1.80. The highest BCUT2D eigenvalue weighted by atomic mass is 32.1. The summed E-state index contributed by atoms with van der Waals surface area (Å²) in [6, 6.07) is 3.61. The van der Waals surface area contributed by atoms with Gasteiger partial charge in [0.1, 0.15) is 6.10 Å². The Bertz CT molecular complexity index is 183. The van der Waals surface area contributed by atoms with Gasteiger partial charge in [0, 0.05) is 10.9 Å². The van der Waals surface area contributed by atoms with Gasteiger partial charge >= 0.3 is 0 Å². The second-order valence-electron chi connectivity index (χ2n) is 2.32. The summed E-state index contributed by atoms with van der Waals surface area (Å²) in [5, 5.41) is 11.3. The van der Waals surface area contributed by atoms with Crippen molar-refractivity contribution in [3.8, 4) is 0 Å². The second-order valence-corrected chi connectivity index (χ2v) is 3.30. The van der Waals surface area contributed by atoms with Crippen LogP contribution in [0.4, 0.5) is 0 Å². The summed E-state index contributed by atoms with van der Waals surface area (Å²) in [6.07, 6.45) is -0.500. The molecule has 56 valence electrons. The van der Waals surface area contributed by atoms with Gasteiger partial charge in [-0.3, -0.25) is 0 Å². The second kappa shape index (κ2) is 3.14. The Balaban J connectivity index is 2.68. The van der Waals surface area contributed by atoms with Crippen molar-refractivity contribution in [1.29, 1.82) is 0 Å². The molecule has 0 aliphatic carbocycles. The van der Waals surface area contributed by atoms with Crippen molar-refractivity contribution >= 4 is 11.3 Å². The molecule has 0 aromatic carbocycles. The fourth-order valence-electron chi connectivity index (χ4n) is 0.719. The van der Waals surface area contributed by atoms with E-state index in [0.29, 0.717) is 0 Å². The predicted molar refractivity (Wildman–Crippen MR) is 42.9 cm³/mol. The van der Waals surface area contributed by atoms with E-state index in [1.807, 2.05) is 17.5 Å². The lowest BCUT2D eigenvalue weighted by atomic mass is 10.2. The van der Waals surface area contributed by atoms with E-state index in [4.69, 9.17) is 5.73 Å². The Kier molecular flexibility index (Phi) is 2.43. The molecule has 10 heavy (non-hydrogen) atoms. The minimum atomic E-state index is -0.500. The average molecular weight is 157 g/mol. The molecule has 1 aromatic rings. The van der Waals surface area contributed by atoms with E-state index in [0.717, 1.165) is 4.88 Å². The lowest BCUT2D eigenvalue weighted by molar-refractivity contribution is 0.157. The van der Waals surface area contributed by atoms with Crippen LogP contribution in [0.3, 0.4) is 0 Å². The SMILES string of the molecule is C[C@@H](N)C(O)c1cccs1. The molecule has 0 saturated carbocycles. The number of hydrogen-bond donors (Lipinski definition) is 2. The molecule has 3 heteroatoms. The fraction of sp³-hybridized carbons (Fsp3) is 0.429. The topological polar surface area (TPSA) is 46.2 Å². The van der Waals surface area contributed by atoms with Crippen LogP contribution >= 0.6 is 11.3 Å². The minimum Gasteiger partial charge on any atom is -0.386 e. The zero-order chi connectivity index (χ0) is 7.56. The van der Waals surface area contributed by atoms with E-state index in [-0.39, 0.29) is 6.04 Å². The molecule has 0 radical (unpaired) electrons. The first-order valence-electron chi connectivity index (χ1n) is 3.19. The van der Waals surface area contributed by atoms with Gasteiger partial charge in [0.25, 0.3) is 0 Å². The van der Waals surface area contributed by atoms with Crippen LogP contribution < -0.4 is 5.73 Å². The summed E-state index contributed by atoms with van der Waals surface area (Å²) >= 11 is 1.53. The van der Waals surface area contributed by atoms with E-state index < -0.39 is 6.10 Å². The summed E-state index contributed by atoms with van der Waals surface area (Å²) in [5.41, 5.74) is 5.48. The summed E-state index contributed by atoms with van der Waals surface area (Å²) in [5.74, 6) is 0. The average Bonchev–Trinajstić information content (AvgIpc) is 2.36. The molecule has 0 fully saturated rings. The third-order valence-corrected chi connectivity index (χ3v) is 2.28. The van der Waals surface area contributed by atoms with Crippen molar-refractivity contribution < 1.29 is 5.11 Å². The van der Waals surface area contributed by atoms with Gasteiger partial charge in [-0.2, -0.15) is 0 Å². The molecule has 0 saturated heterocycles. The quantitative estimate of drug-likeness (QED) is 0.676. The third-order valence-electron chi connectivity index (χ3n) is 1.33. The number of aliphatic hydroxyl groups excluding tert-OH is 1. The van der Waals surface area contributed by atoms with Gasteiger partial charge in [0.2, 0.25) is 0 Å². The van der Waals surface area contributed by atoms with Gasteiger partial charge in [-0.1, -0.05) is 6.07 Å². The van der Waals surface area contributed by atoms with E-state index in [1.54, 1.807) is 6.92 Å². The fourth-order valence-corrected chi connectivity index (χ4v) is 1.54. The van der Waals surface area contributed by atoms with E-state index in [2.05, 4.69) is 0 Å². The number of nitrogens with two attached hydrogens (primary N) is 1. The molecule has 0 spiro atoms. The highest BCUT2D eigenvalue weighted by molar-refractivity contribution is 7.10. The van der Waals surface area contributed by atoms with E-state index >= 15 is 0 Å². The van der Waals surface area contributed by atoms with Crippen LogP contribution in [0.1, 0.15) is 17.9 Å². The zero-order valence-corrected chi connectivity index (χ0v) is 6.64.